The van der Waals surface area contributed by atoms with Crippen molar-refractivity contribution in [1.82, 2.24) is 0 Å². The third kappa shape index (κ3) is 1160. The van der Waals surface area contributed by atoms with E-state index in [0.717, 1.165) is 0 Å². The minimum atomic E-state index is -5.39. The molecule has 0 N–H and O–H groups in total. The summed E-state index contributed by atoms with van der Waals surface area (Å²) < 4.78 is 34.2. The zero-order chi connectivity index (χ0) is 18.0. The molecule has 0 heterocycles. The summed E-state index contributed by atoms with van der Waals surface area (Å²) in [5.74, 6) is 0. The summed E-state index contributed by atoms with van der Waals surface area (Å²) in [4.78, 5) is 103. The average Bonchev–Trinajstić information content (AvgIpc) is 1.62. The van der Waals surface area contributed by atoms with Crippen LogP contribution < -0.4 is 58.7 Å². The second-order valence-electron chi connectivity index (χ2n) is 1.79. The fourth-order valence-electron chi connectivity index (χ4n) is 0. The average molecular weight is 1090 g/mol. The third-order valence-corrected chi connectivity index (χ3v) is 0. The maximum absolute atomic E-state index is 8.55. The molecule has 3 radical (unpaired) electrons. The molecule has 0 aromatic heterocycles. The largest absolute Gasteiger partial charge is 4.00 e. The van der Waals surface area contributed by atoms with Gasteiger partial charge in [0.25, 0.3) is 0 Å². The Morgan fingerprint density at radius 2 is 0.304 bits per heavy atom. The number of phosphoric acid groups is 4. The molecule has 0 aliphatic rings. The van der Waals surface area contributed by atoms with Crippen molar-refractivity contribution in [2.24, 2.45) is 0 Å². The quantitative estimate of drug-likeness (QED) is 0.203. The van der Waals surface area contributed by atoms with E-state index in [4.69, 9.17) is 77.0 Å². The minimum Gasteiger partial charge on any atom is -0.822 e. The summed E-state index contributed by atoms with van der Waals surface area (Å²) in [6.07, 6.45) is 0. The molecule has 131 valence electrons. The maximum atomic E-state index is 8.55. The fraction of sp³-hybridized carbons (Fsp3) is 0. The molecule has 0 aromatic carbocycles. The Balaban J connectivity index is -0.0000000284. The monoisotopic (exact) mass is 1090 g/mol. The van der Waals surface area contributed by atoms with Gasteiger partial charge in [-0.1, -0.05) is 0 Å². The van der Waals surface area contributed by atoms with Crippen molar-refractivity contribution >= 4 is 31.3 Å². The normalized spacial score (nSPS) is 10.3. The molecule has 0 aromatic rings. The molecule has 0 bridgehead atoms. The van der Waals surface area contributed by atoms with Crippen molar-refractivity contribution in [2.45, 2.75) is 0 Å². The van der Waals surface area contributed by atoms with Gasteiger partial charge in [-0.2, -0.15) is 31.3 Å². The molecule has 0 fully saturated rings. The molecule has 0 aliphatic heterocycles. The van der Waals surface area contributed by atoms with Crippen LogP contribution in [-0.4, -0.2) is 0 Å². The first-order valence-corrected chi connectivity index (χ1v) is 8.76. The van der Waals surface area contributed by atoms with E-state index in [2.05, 4.69) is 0 Å². The van der Waals surface area contributed by atoms with E-state index in [-0.39, 0.29) is 89.8 Å². The molecule has 0 atom stereocenters. The van der Waals surface area contributed by atoms with Crippen LogP contribution in [0.25, 0.3) is 0 Å². The molecule has 0 spiro atoms. The molecule has 0 saturated heterocycles. The molecule has 0 aliphatic carbocycles. The molecule has 0 unspecified atom stereocenters. The first-order valence-electron chi connectivity index (χ1n) is 2.92. The molecule has 23 heteroatoms. The first-order chi connectivity index (χ1) is 8.00. The van der Waals surface area contributed by atoms with Crippen LogP contribution in [0.4, 0.5) is 0 Å². The van der Waals surface area contributed by atoms with Gasteiger partial charge in [0.05, 0.1) is 0 Å². The smallest absolute Gasteiger partial charge is 0.822 e. The number of hydrogen-bond donors (Lipinski definition) is 0. The standard InChI is InChI=1S/3Np.4H3O4P/c;;;4*1-5(2,3)4/h;;;4*(H3,1,2,3,4)/q3*+4;;;;/p-12. The van der Waals surface area contributed by atoms with Gasteiger partial charge in [0.15, 0.2) is 0 Å². The molecule has 0 amide bonds. The van der Waals surface area contributed by atoms with Crippen molar-refractivity contribution in [1.29, 1.82) is 0 Å². The fourth-order valence-corrected chi connectivity index (χ4v) is 0. The van der Waals surface area contributed by atoms with Gasteiger partial charge < -0.3 is 77.0 Å². The van der Waals surface area contributed by atoms with Crippen LogP contribution in [-0.2, 0) is 18.3 Å². The number of hydrogen-bond acceptors (Lipinski definition) is 16. The van der Waals surface area contributed by atoms with E-state index in [9.17, 15) is 0 Å². The Hall–Kier alpha value is 3.48. The number of rotatable bonds is 0. The van der Waals surface area contributed by atoms with Crippen molar-refractivity contribution in [3.8, 4) is 0 Å². The summed E-state index contributed by atoms with van der Waals surface area (Å²) in [5.41, 5.74) is 0. The van der Waals surface area contributed by atoms with Gasteiger partial charge >= 0.3 is 89.8 Å². The van der Waals surface area contributed by atoms with Crippen LogP contribution in [0.3, 0.4) is 0 Å². The molecule has 16 nitrogen and oxygen atoms in total. The van der Waals surface area contributed by atoms with Gasteiger partial charge in [-0.05, 0) is 0 Å². The van der Waals surface area contributed by atoms with Crippen LogP contribution in [0.1, 0.15) is 0 Å². The molecule has 0 saturated carbocycles. The van der Waals surface area contributed by atoms with Crippen LogP contribution in [0.2, 0.25) is 0 Å². The SMILES string of the molecule is O=P([O-])([O-])[O-].O=P([O-])([O-])[O-].O=P([O-])([O-])[O-].O=P([O-])([O-])[O-].[Np+4].[Np+4].[Np+4]. The van der Waals surface area contributed by atoms with Gasteiger partial charge in [-0.25, -0.2) is 0 Å². The van der Waals surface area contributed by atoms with E-state index >= 15 is 0 Å². The molecular formula is Np3O16P4. The van der Waals surface area contributed by atoms with Crippen molar-refractivity contribution in [2.75, 3.05) is 0 Å². The minimum absolute atomic E-state index is 0. The summed E-state index contributed by atoms with van der Waals surface area (Å²) in [5, 5.41) is 0. The van der Waals surface area contributed by atoms with E-state index in [1.807, 2.05) is 0 Å². The van der Waals surface area contributed by atoms with Crippen molar-refractivity contribution in [3.63, 3.8) is 0 Å². The van der Waals surface area contributed by atoms with E-state index in [1.54, 1.807) is 0 Å². The first kappa shape index (κ1) is 45.3. The van der Waals surface area contributed by atoms with E-state index in [0.29, 0.717) is 0 Å². The second kappa shape index (κ2) is 20.2. The predicted octanol–water partition coefficient (Wildman–Crippen LogP) is -11.3. The van der Waals surface area contributed by atoms with E-state index in [1.165, 1.54) is 0 Å². The van der Waals surface area contributed by atoms with Crippen LogP contribution in [0.5, 0.6) is 0 Å². The maximum Gasteiger partial charge on any atom is 4.00 e. The zero-order valence-electron chi connectivity index (χ0n) is 9.66. The summed E-state index contributed by atoms with van der Waals surface area (Å²) >= 11 is 0. The van der Waals surface area contributed by atoms with Gasteiger partial charge in [-0.3, -0.25) is 0 Å². The van der Waals surface area contributed by atoms with Gasteiger partial charge in [0.2, 0.25) is 0 Å². The Labute approximate surface area is 195 Å². The van der Waals surface area contributed by atoms with Crippen LogP contribution in [0, 0.1) is 89.8 Å². The molecular weight excluding hydrogens is 1090 g/mol. The van der Waals surface area contributed by atoms with E-state index < -0.39 is 31.3 Å². The second-order valence-corrected chi connectivity index (χ2v) is 5.37. The predicted molar refractivity (Wildman–Crippen MR) is 30.4 cm³/mol. The Morgan fingerprint density at radius 3 is 0.304 bits per heavy atom. The zero-order valence-corrected chi connectivity index (χ0v) is 24.4. The summed E-state index contributed by atoms with van der Waals surface area (Å²) in [6, 6.07) is 0. The third-order valence-electron chi connectivity index (χ3n) is 0. The summed E-state index contributed by atoms with van der Waals surface area (Å²) in [7, 11) is -21.6. The molecule has 0 rings (SSSR count). The van der Waals surface area contributed by atoms with Crippen molar-refractivity contribution in [3.05, 3.63) is 0 Å². The van der Waals surface area contributed by atoms with Crippen LogP contribution in [0.15, 0.2) is 0 Å². The van der Waals surface area contributed by atoms with Gasteiger partial charge in [0.1, 0.15) is 0 Å². The van der Waals surface area contributed by atoms with Gasteiger partial charge in [-0.15, -0.1) is 0 Å². The van der Waals surface area contributed by atoms with Crippen molar-refractivity contribution < 1.29 is 167 Å². The topological polar surface area (TPSA) is 345 Å². The van der Waals surface area contributed by atoms with Gasteiger partial charge in [0, 0.05) is 0 Å². The summed E-state index contributed by atoms with van der Waals surface area (Å²) in [6.45, 7) is 0. The Kier molecular flexibility index (Phi) is 39.8. The molecule has 23 heavy (non-hydrogen) atoms. The Morgan fingerprint density at radius 1 is 0.304 bits per heavy atom. The Bertz CT molecular complexity index is 292. The van der Waals surface area contributed by atoms with Crippen LogP contribution >= 0.6 is 31.3 Å².